The lowest BCUT2D eigenvalue weighted by atomic mass is 9.95. The first-order chi connectivity index (χ1) is 9.74. The van der Waals surface area contributed by atoms with E-state index in [1.54, 1.807) is 0 Å². The molecule has 0 spiro atoms. The summed E-state index contributed by atoms with van der Waals surface area (Å²) >= 11 is 1.85. The van der Waals surface area contributed by atoms with Crippen molar-refractivity contribution in [1.29, 1.82) is 0 Å². The van der Waals surface area contributed by atoms with Crippen molar-refractivity contribution in [3.05, 3.63) is 0 Å². The highest BCUT2D eigenvalue weighted by Gasteiger charge is 2.53. The Kier molecular flexibility index (Phi) is 4.58. The fraction of sp³-hybridized carbons (Fsp3) is 0.933. The summed E-state index contributed by atoms with van der Waals surface area (Å²) in [7, 11) is 1.51. The van der Waals surface area contributed by atoms with Gasteiger partial charge in [-0.2, -0.15) is 11.8 Å². The third kappa shape index (κ3) is 3.31. The fourth-order valence-electron chi connectivity index (χ4n) is 3.04. The van der Waals surface area contributed by atoms with Gasteiger partial charge in [0, 0.05) is 24.2 Å². The van der Waals surface area contributed by atoms with Gasteiger partial charge in [-0.25, -0.2) is 0 Å². The molecule has 1 saturated heterocycles. The Labute approximate surface area is 125 Å². The number of ether oxygens (including phenoxy) is 2. The number of esters is 1. The molecule has 1 aliphatic heterocycles. The molecule has 114 valence electrons. The Morgan fingerprint density at radius 2 is 2.15 bits per heavy atom. The molecule has 1 N–H and O–H groups in total. The smallest absolute Gasteiger partial charge is 0.327 e. The van der Waals surface area contributed by atoms with Gasteiger partial charge >= 0.3 is 5.97 Å². The summed E-state index contributed by atoms with van der Waals surface area (Å²) in [5, 5.41) is 3.61. The minimum Gasteiger partial charge on any atom is -0.468 e. The van der Waals surface area contributed by atoms with Crippen LogP contribution in [0.4, 0.5) is 0 Å². The van der Waals surface area contributed by atoms with Crippen molar-refractivity contribution >= 4 is 17.7 Å². The molecule has 0 aromatic heterocycles. The van der Waals surface area contributed by atoms with Crippen LogP contribution in [0.3, 0.4) is 0 Å². The molecule has 5 heteroatoms. The van der Waals surface area contributed by atoms with E-state index in [1.165, 1.54) is 26.4 Å². The lowest BCUT2D eigenvalue weighted by Crippen LogP contribution is -2.57. The second-order valence-electron chi connectivity index (χ2n) is 6.31. The summed E-state index contributed by atoms with van der Waals surface area (Å²) in [6, 6.07) is 0.526. The molecule has 2 saturated carbocycles. The van der Waals surface area contributed by atoms with Crippen molar-refractivity contribution < 1.29 is 14.3 Å². The van der Waals surface area contributed by atoms with Gasteiger partial charge in [0.05, 0.1) is 13.2 Å². The van der Waals surface area contributed by atoms with Gasteiger partial charge in [0.25, 0.3) is 0 Å². The molecule has 0 bridgehead atoms. The van der Waals surface area contributed by atoms with E-state index in [0.29, 0.717) is 18.1 Å². The number of hydrogen-bond acceptors (Lipinski definition) is 5. The number of nitrogens with one attached hydrogen (secondary N) is 1. The van der Waals surface area contributed by atoms with Crippen LogP contribution < -0.4 is 5.32 Å². The molecule has 0 aromatic rings. The van der Waals surface area contributed by atoms with Crippen molar-refractivity contribution in [3.8, 4) is 0 Å². The van der Waals surface area contributed by atoms with E-state index in [1.807, 2.05) is 11.8 Å². The second kappa shape index (κ2) is 6.24. The van der Waals surface area contributed by atoms with Crippen LogP contribution in [0.25, 0.3) is 0 Å². The van der Waals surface area contributed by atoms with Crippen LogP contribution in [0, 0.1) is 5.92 Å². The number of thioether (sulfide) groups is 1. The molecule has 0 aromatic carbocycles. The largest absolute Gasteiger partial charge is 0.468 e. The van der Waals surface area contributed by atoms with Crippen LogP contribution in [-0.2, 0) is 14.3 Å². The number of carbonyl (C=O) groups is 1. The average molecular weight is 299 g/mol. The maximum absolute atomic E-state index is 12.4. The SMILES string of the molecule is COC(=O)C(CSCC1CCCO1)(NC1CC1)C1CC1. The minimum atomic E-state index is -0.445. The molecule has 3 aliphatic rings. The number of rotatable bonds is 8. The Bertz CT molecular complexity index is 351. The molecule has 3 rings (SSSR count). The Hall–Kier alpha value is -0.260. The van der Waals surface area contributed by atoms with Gasteiger partial charge in [-0.05, 0) is 44.4 Å². The van der Waals surface area contributed by atoms with E-state index < -0.39 is 5.54 Å². The molecule has 1 heterocycles. The molecular formula is C15H25NO3S. The molecule has 2 aliphatic carbocycles. The minimum absolute atomic E-state index is 0.0632. The molecule has 3 fully saturated rings. The van der Waals surface area contributed by atoms with Gasteiger partial charge in [0.1, 0.15) is 5.54 Å². The van der Waals surface area contributed by atoms with E-state index in [4.69, 9.17) is 9.47 Å². The quantitative estimate of drug-likeness (QED) is 0.694. The zero-order chi connectivity index (χ0) is 14.0. The van der Waals surface area contributed by atoms with Crippen LogP contribution in [0.2, 0.25) is 0 Å². The van der Waals surface area contributed by atoms with Gasteiger partial charge in [-0.1, -0.05) is 0 Å². The predicted molar refractivity (Wildman–Crippen MR) is 79.9 cm³/mol. The molecule has 20 heavy (non-hydrogen) atoms. The number of hydrogen-bond donors (Lipinski definition) is 1. The van der Waals surface area contributed by atoms with Crippen LogP contribution in [0.5, 0.6) is 0 Å². The van der Waals surface area contributed by atoms with Crippen LogP contribution >= 0.6 is 11.8 Å². The van der Waals surface area contributed by atoms with Gasteiger partial charge in [-0.15, -0.1) is 0 Å². The number of carbonyl (C=O) groups excluding carboxylic acids is 1. The highest BCUT2D eigenvalue weighted by molar-refractivity contribution is 7.99. The lowest BCUT2D eigenvalue weighted by Gasteiger charge is -2.32. The summed E-state index contributed by atoms with van der Waals surface area (Å²) in [5.74, 6) is 2.22. The zero-order valence-electron chi connectivity index (χ0n) is 12.2. The third-order valence-electron chi connectivity index (χ3n) is 4.52. The van der Waals surface area contributed by atoms with Gasteiger partial charge < -0.3 is 9.47 Å². The fourth-order valence-corrected chi connectivity index (χ4v) is 4.44. The summed E-state index contributed by atoms with van der Waals surface area (Å²) in [5.41, 5.74) is -0.445. The van der Waals surface area contributed by atoms with E-state index >= 15 is 0 Å². The molecule has 2 atom stereocenters. The summed E-state index contributed by atoms with van der Waals surface area (Å²) in [4.78, 5) is 12.4. The van der Waals surface area contributed by atoms with Crippen LogP contribution in [0.1, 0.15) is 38.5 Å². The number of methoxy groups -OCH3 is 1. The second-order valence-corrected chi connectivity index (χ2v) is 7.34. The van der Waals surface area contributed by atoms with Crippen molar-refractivity contribution in [2.24, 2.45) is 5.92 Å². The van der Waals surface area contributed by atoms with E-state index in [2.05, 4.69) is 5.32 Å². The van der Waals surface area contributed by atoms with E-state index in [9.17, 15) is 4.79 Å². The van der Waals surface area contributed by atoms with Crippen molar-refractivity contribution in [3.63, 3.8) is 0 Å². The standard InChI is InChI=1S/C15H25NO3S/c1-18-14(17)15(11-4-5-11,16-12-6-7-12)10-20-9-13-3-2-8-19-13/h11-13,16H,2-10H2,1H3. The maximum atomic E-state index is 12.4. The molecule has 0 amide bonds. The summed E-state index contributed by atoms with van der Waals surface area (Å²) in [6.07, 6.45) is 7.41. The van der Waals surface area contributed by atoms with E-state index in [0.717, 1.165) is 37.4 Å². The van der Waals surface area contributed by atoms with Gasteiger partial charge in [0.15, 0.2) is 0 Å². The Morgan fingerprint density at radius 1 is 1.35 bits per heavy atom. The van der Waals surface area contributed by atoms with Gasteiger partial charge in [0.2, 0.25) is 0 Å². The van der Waals surface area contributed by atoms with Crippen LogP contribution in [-0.4, -0.2) is 48.9 Å². The van der Waals surface area contributed by atoms with Gasteiger partial charge in [-0.3, -0.25) is 10.1 Å². The monoisotopic (exact) mass is 299 g/mol. The lowest BCUT2D eigenvalue weighted by molar-refractivity contribution is -0.148. The Morgan fingerprint density at radius 3 is 2.70 bits per heavy atom. The predicted octanol–water partition coefficient (Wildman–Crippen LogP) is 1.97. The van der Waals surface area contributed by atoms with Crippen molar-refractivity contribution in [2.75, 3.05) is 25.2 Å². The molecular weight excluding hydrogens is 274 g/mol. The normalized spacial score (nSPS) is 29.1. The molecule has 4 nitrogen and oxygen atoms in total. The highest BCUT2D eigenvalue weighted by Crippen LogP contribution is 2.44. The first-order valence-corrected chi connectivity index (χ1v) is 8.95. The topological polar surface area (TPSA) is 47.6 Å². The third-order valence-corrected chi connectivity index (χ3v) is 5.79. The van der Waals surface area contributed by atoms with Crippen LogP contribution in [0.15, 0.2) is 0 Å². The first-order valence-electron chi connectivity index (χ1n) is 7.80. The summed E-state index contributed by atoms with van der Waals surface area (Å²) < 4.78 is 10.8. The average Bonchev–Trinajstić information content (AvgIpc) is 3.37. The first kappa shape index (κ1) is 14.7. The highest BCUT2D eigenvalue weighted by atomic mass is 32.2. The van der Waals surface area contributed by atoms with E-state index in [-0.39, 0.29) is 5.97 Å². The maximum Gasteiger partial charge on any atom is 0.327 e. The molecule has 2 unspecified atom stereocenters. The summed E-state index contributed by atoms with van der Waals surface area (Å²) in [6.45, 7) is 0.899. The Balaban J connectivity index is 1.59. The van der Waals surface area contributed by atoms with Crippen molar-refractivity contribution in [2.45, 2.75) is 56.2 Å². The molecule has 0 radical (unpaired) electrons. The van der Waals surface area contributed by atoms with Crippen molar-refractivity contribution in [1.82, 2.24) is 5.32 Å². The zero-order valence-corrected chi connectivity index (χ0v) is 13.0.